The Morgan fingerprint density at radius 3 is 2.40 bits per heavy atom. The maximum absolute atomic E-state index is 12.7. The Hall–Kier alpha value is -0.820. The van der Waals surface area contributed by atoms with Crippen LogP contribution < -0.4 is 0 Å². The smallest absolute Gasteiger partial charge is 0.206 e. The molecule has 0 fully saturated rings. The molecule has 84 valence electrons. The van der Waals surface area contributed by atoms with Gasteiger partial charge in [0.05, 0.1) is 0 Å². The molecule has 0 atom stereocenters. The number of hydrogen-bond acceptors (Lipinski definition) is 3. The fourth-order valence-electron chi connectivity index (χ4n) is 1.04. The number of aromatic nitrogens is 1. The highest BCUT2D eigenvalue weighted by Crippen LogP contribution is 2.28. The normalized spacial score (nSPS) is 12.1. The first-order valence-corrected chi connectivity index (χ1v) is 5.94. The van der Waals surface area contributed by atoms with Crippen LogP contribution in [0.15, 0.2) is 11.1 Å². The second-order valence-electron chi connectivity index (χ2n) is 2.70. The van der Waals surface area contributed by atoms with E-state index in [1.807, 2.05) is 0 Å². The first kappa shape index (κ1) is 12.3. The van der Waals surface area contributed by atoms with Crippen LogP contribution >= 0.6 is 10.7 Å². The van der Waals surface area contributed by atoms with E-state index < -0.39 is 32.0 Å². The molecule has 0 saturated heterocycles. The lowest BCUT2D eigenvalue weighted by molar-refractivity contribution is 0.149. The molecule has 15 heavy (non-hydrogen) atoms. The van der Waals surface area contributed by atoms with Crippen LogP contribution in [0.3, 0.4) is 0 Å². The van der Waals surface area contributed by atoms with Crippen molar-refractivity contribution in [1.82, 2.24) is 4.98 Å². The minimum atomic E-state index is -4.32. The van der Waals surface area contributed by atoms with E-state index in [-0.39, 0.29) is 5.56 Å². The summed E-state index contributed by atoms with van der Waals surface area (Å²) in [5.41, 5.74) is -1.08. The van der Waals surface area contributed by atoms with Gasteiger partial charge in [-0.2, -0.15) is 4.39 Å². The SMILES string of the molecule is Cc1c(C(F)F)cc(F)nc1S(=O)(=O)Cl. The Labute approximate surface area is 88.3 Å². The summed E-state index contributed by atoms with van der Waals surface area (Å²) in [6.45, 7) is 1.09. The van der Waals surface area contributed by atoms with Gasteiger partial charge in [0.1, 0.15) is 0 Å². The molecule has 0 spiro atoms. The molecule has 0 amide bonds. The molecule has 0 aliphatic carbocycles. The first-order valence-electron chi connectivity index (χ1n) is 3.63. The largest absolute Gasteiger partial charge is 0.279 e. The molecule has 0 radical (unpaired) electrons. The third-order valence-electron chi connectivity index (χ3n) is 1.70. The molecule has 1 heterocycles. The average molecular weight is 260 g/mol. The van der Waals surface area contributed by atoms with Crippen molar-refractivity contribution in [2.75, 3.05) is 0 Å². The molecule has 3 nitrogen and oxygen atoms in total. The standard InChI is InChI=1S/C7H5ClF3NO2S/c1-3-4(6(10)11)2-5(9)12-7(3)15(8,13)14/h2,6H,1H3. The van der Waals surface area contributed by atoms with Crippen molar-refractivity contribution in [1.29, 1.82) is 0 Å². The number of pyridine rings is 1. The van der Waals surface area contributed by atoms with E-state index in [4.69, 9.17) is 10.7 Å². The Bertz CT molecular complexity index is 489. The zero-order chi connectivity index (χ0) is 11.8. The van der Waals surface area contributed by atoms with Crippen LogP contribution in [-0.4, -0.2) is 13.4 Å². The molecule has 8 heteroatoms. The molecule has 1 aromatic heterocycles. The van der Waals surface area contributed by atoms with Gasteiger partial charge in [0.2, 0.25) is 5.95 Å². The van der Waals surface area contributed by atoms with E-state index in [9.17, 15) is 21.6 Å². The summed E-state index contributed by atoms with van der Waals surface area (Å²) in [4.78, 5) is 2.97. The van der Waals surface area contributed by atoms with Crippen LogP contribution in [0, 0.1) is 12.9 Å². The first-order chi connectivity index (χ1) is 6.73. The van der Waals surface area contributed by atoms with Gasteiger partial charge < -0.3 is 0 Å². The second kappa shape index (κ2) is 3.97. The number of hydrogen-bond donors (Lipinski definition) is 0. The molecule has 0 saturated carbocycles. The molecule has 1 aromatic rings. The zero-order valence-corrected chi connectivity index (χ0v) is 8.91. The molecule has 0 bridgehead atoms. The van der Waals surface area contributed by atoms with Crippen LogP contribution in [-0.2, 0) is 9.05 Å². The lowest BCUT2D eigenvalue weighted by atomic mass is 10.2. The third kappa shape index (κ3) is 2.60. The Balaban J connectivity index is 3.56. The van der Waals surface area contributed by atoms with Gasteiger partial charge in [0.25, 0.3) is 15.5 Å². The number of nitrogens with zero attached hydrogens (tertiary/aromatic N) is 1. The van der Waals surface area contributed by atoms with E-state index in [0.29, 0.717) is 6.07 Å². The van der Waals surface area contributed by atoms with Crippen molar-refractivity contribution in [3.8, 4) is 0 Å². The fraction of sp³-hybridized carbons (Fsp3) is 0.286. The van der Waals surface area contributed by atoms with Gasteiger partial charge in [0, 0.05) is 22.3 Å². The molecular formula is C7H5ClF3NO2S. The van der Waals surface area contributed by atoms with Crippen molar-refractivity contribution in [2.24, 2.45) is 0 Å². The van der Waals surface area contributed by atoms with Crippen LogP contribution in [0.25, 0.3) is 0 Å². The summed E-state index contributed by atoms with van der Waals surface area (Å²) >= 11 is 0. The van der Waals surface area contributed by atoms with Gasteiger partial charge in [-0.05, 0) is 12.5 Å². The minimum absolute atomic E-state index is 0.346. The van der Waals surface area contributed by atoms with Gasteiger partial charge >= 0.3 is 0 Å². The molecule has 0 aliphatic rings. The topological polar surface area (TPSA) is 47.0 Å². The maximum atomic E-state index is 12.7. The fourth-order valence-corrected chi connectivity index (χ4v) is 2.17. The summed E-state index contributed by atoms with van der Waals surface area (Å²) in [7, 11) is 0.586. The molecular weight excluding hydrogens is 255 g/mol. The zero-order valence-electron chi connectivity index (χ0n) is 7.34. The summed E-state index contributed by atoms with van der Waals surface area (Å²) in [6.07, 6.45) is -2.99. The van der Waals surface area contributed by atoms with E-state index >= 15 is 0 Å². The number of halogens is 4. The van der Waals surface area contributed by atoms with E-state index in [1.165, 1.54) is 0 Å². The van der Waals surface area contributed by atoms with Crippen molar-refractivity contribution < 1.29 is 21.6 Å². The second-order valence-corrected chi connectivity index (χ2v) is 5.18. The van der Waals surface area contributed by atoms with Gasteiger partial charge in [-0.15, -0.1) is 0 Å². The van der Waals surface area contributed by atoms with Crippen molar-refractivity contribution >= 4 is 19.7 Å². The highest BCUT2D eigenvalue weighted by molar-refractivity contribution is 8.13. The predicted octanol–water partition coefficient (Wildman–Crippen LogP) is 2.39. The Morgan fingerprint density at radius 1 is 1.47 bits per heavy atom. The van der Waals surface area contributed by atoms with E-state index in [2.05, 4.69) is 4.98 Å². The van der Waals surface area contributed by atoms with E-state index in [0.717, 1.165) is 6.92 Å². The monoisotopic (exact) mass is 259 g/mol. The number of rotatable bonds is 2. The van der Waals surface area contributed by atoms with Crippen molar-refractivity contribution in [3.05, 3.63) is 23.1 Å². The van der Waals surface area contributed by atoms with Crippen LogP contribution in [0.4, 0.5) is 13.2 Å². The van der Waals surface area contributed by atoms with Gasteiger partial charge in [-0.3, -0.25) is 0 Å². The van der Waals surface area contributed by atoms with Crippen LogP contribution in [0.2, 0.25) is 0 Å². The average Bonchev–Trinajstić information content (AvgIpc) is 2.06. The number of alkyl halides is 2. The van der Waals surface area contributed by atoms with Gasteiger partial charge in [-0.1, -0.05) is 0 Å². The lowest BCUT2D eigenvalue weighted by Crippen LogP contribution is -2.05. The summed E-state index contributed by atoms with van der Waals surface area (Å²) in [5.74, 6) is -1.31. The van der Waals surface area contributed by atoms with E-state index in [1.54, 1.807) is 0 Å². The highest BCUT2D eigenvalue weighted by atomic mass is 35.7. The van der Waals surface area contributed by atoms with Crippen molar-refractivity contribution in [3.63, 3.8) is 0 Å². The minimum Gasteiger partial charge on any atom is -0.206 e. The molecule has 0 aromatic carbocycles. The summed E-state index contributed by atoms with van der Waals surface area (Å²) < 4.78 is 59.2. The highest BCUT2D eigenvalue weighted by Gasteiger charge is 2.23. The Kier molecular flexibility index (Phi) is 3.25. The summed E-state index contributed by atoms with van der Waals surface area (Å²) in [6, 6.07) is 0.478. The Morgan fingerprint density at radius 2 is 2.00 bits per heavy atom. The summed E-state index contributed by atoms with van der Waals surface area (Å²) in [5, 5.41) is -0.875. The lowest BCUT2D eigenvalue weighted by Gasteiger charge is -2.07. The van der Waals surface area contributed by atoms with Gasteiger partial charge in [-0.25, -0.2) is 22.2 Å². The van der Waals surface area contributed by atoms with Gasteiger partial charge in [0.15, 0.2) is 5.03 Å². The molecule has 0 aliphatic heterocycles. The quantitative estimate of drug-likeness (QED) is 0.605. The molecule has 0 unspecified atom stereocenters. The predicted molar refractivity (Wildman–Crippen MR) is 46.9 cm³/mol. The molecule has 0 N–H and O–H groups in total. The maximum Gasteiger partial charge on any atom is 0.279 e. The molecule has 1 rings (SSSR count). The van der Waals surface area contributed by atoms with Crippen molar-refractivity contribution in [2.45, 2.75) is 18.4 Å². The van der Waals surface area contributed by atoms with Crippen LogP contribution in [0.5, 0.6) is 0 Å². The third-order valence-corrected chi connectivity index (χ3v) is 3.00. The van der Waals surface area contributed by atoms with Crippen LogP contribution in [0.1, 0.15) is 17.6 Å².